The van der Waals surface area contributed by atoms with Gasteiger partial charge in [0.15, 0.2) is 0 Å². The fraction of sp³-hybridized carbons (Fsp3) is 0.133. The molecule has 0 aliphatic carbocycles. The maximum absolute atomic E-state index is 13.2. The SMILES string of the molecule is CCOc1ccccc1NC(=O)c1ccc(F)c(Br)c1. The molecule has 0 bridgehead atoms. The van der Waals surface area contributed by atoms with Gasteiger partial charge in [-0.25, -0.2) is 4.39 Å². The first kappa shape index (κ1) is 14.5. The minimum Gasteiger partial charge on any atom is -0.492 e. The second-order valence-electron chi connectivity index (χ2n) is 4.01. The molecule has 0 fully saturated rings. The fourth-order valence-corrected chi connectivity index (χ4v) is 2.06. The van der Waals surface area contributed by atoms with Crippen molar-refractivity contribution in [2.45, 2.75) is 6.92 Å². The summed E-state index contributed by atoms with van der Waals surface area (Å²) >= 11 is 3.06. The fourth-order valence-electron chi connectivity index (χ4n) is 1.68. The summed E-state index contributed by atoms with van der Waals surface area (Å²) in [6.45, 7) is 2.38. The van der Waals surface area contributed by atoms with Crippen LogP contribution in [0.2, 0.25) is 0 Å². The summed E-state index contributed by atoms with van der Waals surface area (Å²) < 4.78 is 18.8. The zero-order valence-electron chi connectivity index (χ0n) is 10.8. The Balaban J connectivity index is 2.21. The number of halogens is 2. The zero-order chi connectivity index (χ0) is 14.5. The molecular formula is C15H13BrFNO2. The van der Waals surface area contributed by atoms with Gasteiger partial charge >= 0.3 is 0 Å². The number of amides is 1. The number of carbonyl (C=O) groups excluding carboxylic acids is 1. The zero-order valence-corrected chi connectivity index (χ0v) is 12.4. The van der Waals surface area contributed by atoms with Crippen molar-refractivity contribution in [2.24, 2.45) is 0 Å². The van der Waals surface area contributed by atoms with Gasteiger partial charge in [0, 0.05) is 5.56 Å². The summed E-state index contributed by atoms with van der Waals surface area (Å²) in [4.78, 5) is 12.1. The molecule has 0 atom stereocenters. The van der Waals surface area contributed by atoms with Gasteiger partial charge in [-0.15, -0.1) is 0 Å². The van der Waals surface area contributed by atoms with Gasteiger partial charge in [-0.1, -0.05) is 12.1 Å². The van der Waals surface area contributed by atoms with Gasteiger partial charge in [-0.3, -0.25) is 4.79 Å². The summed E-state index contributed by atoms with van der Waals surface area (Å²) in [5.41, 5.74) is 0.948. The predicted octanol–water partition coefficient (Wildman–Crippen LogP) is 4.24. The molecule has 3 nitrogen and oxygen atoms in total. The number of para-hydroxylation sites is 2. The molecule has 2 aromatic rings. The number of nitrogens with one attached hydrogen (secondary N) is 1. The highest BCUT2D eigenvalue weighted by Crippen LogP contribution is 2.25. The molecule has 2 aromatic carbocycles. The minimum absolute atomic E-state index is 0.253. The second kappa shape index (κ2) is 6.52. The average molecular weight is 338 g/mol. The van der Waals surface area contributed by atoms with Gasteiger partial charge < -0.3 is 10.1 Å². The van der Waals surface area contributed by atoms with E-state index in [9.17, 15) is 9.18 Å². The second-order valence-corrected chi connectivity index (χ2v) is 4.87. The number of ether oxygens (including phenoxy) is 1. The van der Waals surface area contributed by atoms with Gasteiger partial charge in [0.2, 0.25) is 0 Å². The van der Waals surface area contributed by atoms with E-state index in [1.165, 1.54) is 18.2 Å². The predicted molar refractivity (Wildman–Crippen MR) is 79.7 cm³/mol. The third kappa shape index (κ3) is 3.36. The molecule has 0 aliphatic heterocycles. The van der Waals surface area contributed by atoms with Gasteiger partial charge in [0.05, 0.1) is 16.8 Å². The van der Waals surface area contributed by atoms with Gasteiger partial charge in [-0.2, -0.15) is 0 Å². The number of rotatable bonds is 4. The Morgan fingerprint density at radius 2 is 2.05 bits per heavy atom. The van der Waals surface area contributed by atoms with Crippen LogP contribution in [0, 0.1) is 5.82 Å². The third-order valence-corrected chi connectivity index (χ3v) is 3.22. The molecule has 0 saturated heterocycles. The molecule has 1 N–H and O–H groups in total. The van der Waals surface area contributed by atoms with Crippen molar-refractivity contribution in [2.75, 3.05) is 11.9 Å². The molecule has 2 rings (SSSR count). The van der Waals surface area contributed by atoms with Crippen LogP contribution in [0.3, 0.4) is 0 Å². The molecule has 0 heterocycles. The van der Waals surface area contributed by atoms with E-state index in [1.54, 1.807) is 18.2 Å². The molecule has 1 amide bonds. The monoisotopic (exact) mass is 337 g/mol. The maximum Gasteiger partial charge on any atom is 0.255 e. The summed E-state index contributed by atoms with van der Waals surface area (Å²) in [6, 6.07) is 11.3. The molecule has 104 valence electrons. The molecule has 0 radical (unpaired) electrons. The van der Waals surface area contributed by atoms with Crippen molar-refractivity contribution < 1.29 is 13.9 Å². The first-order chi connectivity index (χ1) is 9.61. The van der Waals surface area contributed by atoms with E-state index in [1.807, 2.05) is 13.0 Å². The summed E-state index contributed by atoms with van der Waals surface area (Å²) in [7, 11) is 0. The van der Waals surface area contributed by atoms with Crippen LogP contribution in [0.15, 0.2) is 46.9 Å². The number of benzene rings is 2. The summed E-state index contributed by atoms with van der Waals surface area (Å²) in [6.07, 6.45) is 0. The molecule has 0 aromatic heterocycles. The smallest absolute Gasteiger partial charge is 0.255 e. The largest absolute Gasteiger partial charge is 0.492 e. The van der Waals surface area contributed by atoms with Crippen molar-refractivity contribution in [1.82, 2.24) is 0 Å². The lowest BCUT2D eigenvalue weighted by molar-refractivity contribution is 0.102. The number of anilines is 1. The van der Waals surface area contributed by atoms with E-state index in [4.69, 9.17) is 4.74 Å². The Bertz CT molecular complexity index is 631. The Morgan fingerprint density at radius 3 is 2.75 bits per heavy atom. The van der Waals surface area contributed by atoms with Crippen molar-refractivity contribution in [1.29, 1.82) is 0 Å². The maximum atomic E-state index is 13.2. The lowest BCUT2D eigenvalue weighted by atomic mass is 10.2. The summed E-state index contributed by atoms with van der Waals surface area (Å²) in [5.74, 6) is -0.126. The Labute approximate surface area is 124 Å². The molecule has 0 unspecified atom stereocenters. The first-order valence-corrected chi connectivity index (χ1v) is 6.89. The normalized spacial score (nSPS) is 10.2. The van der Waals surface area contributed by atoms with Crippen LogP contribution >= 0.6 is 15.9 Å². The highest BCUT2D eigenvalue weighted by molar-refractivity contribution is 9.10. The van der Waals surface area contributed by atoms with Crippen LogP contribution in [0.5, 0.6) is 5.75 Å². The molecule has 0 aliphatic rings. The standard InChI is InChI=1S/C15H13BrFNO2/c1-2-20-14-6-4-3-5-13(14)18-15(19)10-7-8-12(17)11(16)9-10/h3-9H,2H2,1H3,(H,18,19). The van der Waals surface area contributed by atoms with Crippen LogP contribution in [0.4, 0.5) is 10.1 Å². The lowest BCUT2D eigenvalue weighted by Crippen LogP contribution is -2.13. The van der Waals surface area contributed by atoms with Crippen molar-refractivity contribution in [3.8, 4) is 5.75 Å². The van der Waals surface area contributed by atoms with Crippen molar-refractivity contribution in [3.05, 3.63) is 58.3 Å². The molecule has 0 spiro atoms. The summed E-state index contributed by atoms with van der Waals surface area (Å²) in [5, 5.41) is 2.75. The number of hydrogen-bond acceptors (Lipinski definition) is 2. The number of carbonyl (C=O) groups is 1. The molecular weight excluding hydrogens is 325 g/mol. The van der Waals surface area contributed by atoms with Gasteiger partial charge in [0.25, 0.3) is 5.91 Å². The Morgan fingerprint density at radius 1 is 1.30 bits per heavy atom. The Hall–Kier alpha value is -1.88. The molecule has 20 heavy (non-hydrogen) atoms. The first-order valence-electron chi connectivity index (χ1n) is 6.10. The van der Waals surface area contributed by atoms with Crippen LogP contribution in [-0.4, -0.2) is 12.5 Å². The van der Waals surface area contributed by atoms with E-state index in [0.29, 0.717) is 23.6 Å². The highest BCUT2D eigenvalue weighted by atomic mass is 79.9. The van der Waals surface area contributed by atoms with Gasteiger partial charge in [0.1, 0.15) is 11.6 Å². The van der Waals surface area contributed by atoms with Crippen LogP contribution in [0.1, 0.15) is 17.3 Å². The van der Waals surface area contributed by atoms with Crippen LogP contribution in [0.25, 0.3) is 0 Å². The third-order valence-electron chi connectivity index (χ3n) is 2.62. The van der Waals surface area contributed by atoms with E-state index in [0.717, 1.165) is 0 Å². The van der Waals surface area contributed by atoms with Crippen molar-refractivity contribution in [3.63, 3.8) is 0 Å². The lowest BCUT2D eigenvalue weighted by Gasteiger charge is -2.11. The van der Waals surface area contributed by atoms with Crippen molar-refractivity contribution >= 4 is 27.5 Å². The minimum atomic E-state index is -0.406. The van der Waals surface area contributed by atoms with Crippen LogP contribution in [-0.2, 0) is 0 Å². The van der Waals surface area contributed by atoms with E-state index < -0.39 is 5.82 Å². The molecule has 0 saturated carbocycles. The average Bonchev–Trinajstić information content (AvgIpc) is 2.44. The van der Waals surface area contributed by atoms with E-state index in [-0.39, 0.29) is 10.4 Å². The van der Waals surface area contributed by atoms with E-state index >= 15 is 0 Å². The highest BCUT2D eigenvalue weighted by Gasteiger charge is 2.11. The van der Waals surface area contributed by atoms with Gasteiger partial charge in [-0.05, 0) is 53.2 Å². The molecule has 5 heteroatoms. The topological polar surface area (TPSA) is 38.3 Å². The number of hydrogen-bond donors (Lipinski definition) is 1. The van der Waals surface area contributed by atoms with Crippen LogP contribution < -0.4 is 10.1 Å². The quantitative estimate of drug-likeness (QED) is 0.906. The van der Waals surface area contributed by atoms with E-state index in [2.05, 4.69) is 21.2 Å². The Kier molecular flexibility index (Phi) is 4.74.